The Labute approximate surface area is 170 Å². The van der Waals surface area contributed by atoms with E-state index in [0.717, 1.165) is 31.0 Å². The highest BCUT2D eigenvalue weighted by molar-refractivity contribution is 14.2. The van der Waals surface area contributed by atoms with E-state index in [4.69, 9.17) is 4.74 Å². The van der Waals surface area contributed by atoms with Gasteiger partial charge in [-0.3, -0.25) is 4.79 Å². The van der Waals surface area contributed by atoms with Crippen LogP contribution in [0, 0.1) is 5.92 Å². The number of benzene rings is 1. The van der Waals surface area contributed by atoms with Crippen LogP contribution in [-0.2, 0) is 21.4 Å². The molecule has 1 aromatic rings. The molecule has 142 valence electrons. The van der Waals surface area contributed by atoms with Crippen molar-refractivity contribution in [2.75, 3.05) is 13.1 Å². The Morgan fingerprint density at radius 1 is 1.32 bits per heavy atom. The van der Waals surface area contributed by atoms with E-state index in [1.807, 2.05) is 0 Å². The zero-order valence-corrected chi connectivity index (χ0v) is 19.5. The van der Waals surface area contributed by atoms with Gasteiger partial charge >= 0.3 is 5.97 Å². The Balaban J connectivity index is 0.000000705. The maximum absolute atomic E-state index is 11.4. The molecule has 0 bridgehead atoms. The average Bonchev–Trinajstić information content (AvgIpc) is 2.64. The van der Waals surface area contributed by atoms with Crippen LogP contribution in [0.15, 0.2) is 18.2 Å². The quantitative estimate of drug-likeness (QED) is 0.292. The van der Waals surface area contributed by atoms with Crippen molar-refractivity contribution in [2.45, 2.75) is 66.4 Å². The zero-order chi connectivity index (χ0) is 19.2. The predicted molar refractivity (Wildman–Crippen MR) is 117 cm³/mol. The number of rotatable bonds is 2. The van der Waals surface area contributed by atoms with E-state index in [0.29, 0.717) is 0 Å². The largest absolute Gasteiger partial charge is 0.456 e. The summed E-state index contributed by atoms with van der Waals surface area (Å²) in [5, 5.41) is 0. The van der Waals surface area contributed by atoms with Crippen LogP contribution >= 0.6 is 30.3 Å². The molecule has 1 heterocycles. The molecule has 0 spiro atoms. The fourth-order valence-electron chi connectivity index (χ4n) is 2.59. The molecule has 2 rings (SSSR count). The molecule has 1 aliphatic rings. The van der Waals surface area contributed by atoms with Gasteiger partial charge in [-0.05, 0) is 43.6 Å². The summed E-state index contributed by atoms with van der Waals surface area (Å²) in [6.07, 6.45) is 0.823. The second-order valence-corrected chi connectivity index (χ2v) is 10.0. The first kappa shape index (κ1) is 22.8. The van der Waals surface area contributed by atoms with E-state index in [1.165, 1.54) is 18.1 Å². The molecule has 0 N–H and O–H groups in total. The summed E-state index contributed by atoms with van der Waals surface area (Å²) in [4.78, 5) is 11.4. The lowest BCUT2D eigenvalue weighted by atomic mass is 9.84. The standard InChI is InChI=1S/C16H22INO2S.C4H10/c1-11(19)20-15-10-18(21-17)8-7-12-9-13(16(2,3)4)5-6-14(12)15;1-4(2)3/h5-6,9,15H,7-8,10H2,1-4H3;4H,1-3H3. The molecular weight excluding hydrogens is 445 g/mol. The molecule has 1 unspecified atom stereocenters. The third-order valence-corrected chi connectivity index (χ3v) is 5.96. The Bertz CT molecular complexity index is 567. The number of nitrogens with zero attached hydrogens (tertiary/aromatic N) is 1. The van der Waals surface area contributed by atoms with Gasteiger partial charge in [-0.15, -0.1) is 0 Å². The normalized spacial score (nSPS) is 18.0. The van der Waals surface area contributed by atoms with Crippen molar-refractivity contribution in [3.63, 3.8) is 0 Å². The molecule has 25 heavy (non-hydrogen) atoms. The fourth-order valence-corrected chi connectivity index (χ4v) is 4.01. The molecule has 0 saturated heterocycles. The van der Waals surface area contributed by atoms with E-state index in [1.54, 1.807) is 9.12 Å². The molecule has 0 aromatic heterocycles. The van der Waals surface area contributed by atoms with Crippen molar-refractivity contribution in [1.82, 2.24) is 4.31 Å². The van der Waals surface area contributed by atoms with Gasteiger partial charge in [-0.2, -0.15) is 0 Å². The molecule has 0 fully saturated rings. The number of hydrogen-bond donors (Lipinski definition) is 0. The van der Waals surface area contributed by atoms with E-state index in [2.05, 4.69) is 85.3 Å². The molecule has 1 aromatic carbocycles. The minimum Gasteiger partial charge on any atom is -0.456 e. The number of hydrogen-bond acceptors (Lipinski definition) is 4. The molecule has 0 aliphatic carbocycles. The van der Waals surface area contributed by atoms with Gasteiger partial charge in [-0.25, -0.2) is 4.31 Å². The first-order chi connectivity index (χ1) is 11.5. The summed E-state index contributed by atoms with van der Waals surface area (Å²) in [5.74, 6) is 0.617. The Kier molecular flexibility index (Phi) is 9.26. The van der Waals surface area contributed by atoms with Crippen LogP contribution in [0.3, 0.4) is 0 Å². The van der Waals surface area contributed by atoms with Crippen LogP contribution in [0.25, 0.3) is 0 Å². The van der Waals surface area contributed by atoms with E-state index in [9.17, 15) is 4.79 Å². The Hall–Kier alpha value is -0.270. The second kappa shape index (κ2) is 10.2. The first-order valence-corrected chi connectivity index (χ1v) is 12.2. The topological polar surface area (TPSA) is 29.5 Å². The highest BCUT2D eigenvalue weighted by Gasteiger charge is 2.26. The van der Waals surface area contributed by atoms with Gasteiger partial charge in [-0.1, -0.05) is 59.7 Å². The van der Waals surface area contributed by atoms with E-state index < -0.39 is 0 Å². The summed E-state index contributed by atoms with van der Waals surface area (Å²) in [7, 11) is 1.68. The predicted octanol–water partition coefficient (Wildman–Crippen LogP) is 6.11. The maximum Gasteiger partial charge on any atom is 0.303 e. The van der Waals surface area contributed by atoms with Gasteiger partial charge in [0.05, 0.1) is 6.54 Å². The Morgan fingerprint density at radius 3 is 2.40 bits per heavy atom. The maximum atomic E-state index is 11.4. The monoisotopic (exact) mass is 477 g/mol. The van der Waals surface area contributed by atoms with Crippen molar-refractivity contribution < 1.29 is 9.53 Å². The van der Waals surface area contributed by atoms with Gasteiger partial charge in [0.25, 0.3) is 0 Å². The number of halogens is 1. The Morgan fingerprint density at radius 2 is 1.92 bits per heavy atom. The zero-order valence-electron chi connectivity index (χ0n) is 16.6. The molecule has 1 aliphatic heterocycles. The van der Waals surface area contributed by atoms with Crippen LogP contribution in [0.1, 0.15) is 71.3 Å². The van der Waals surface area contributed by atoms with Crippen molar-refractivity contribution >= 4 is 36.3 Å². The van der Waals surface area contributed by atoms with Gasteiger partial charge in [0.2, 0.25) is 0 Å². The summed E-state index contributed by atoms with van der Waals surface area (Å²) < 4.78 is 7.81. The third kappa shape index (κ3) is 7.87. The van der Waals surface area contributed by atoms with Crippen molar-refractivity contribution in [3.05, 3.63) is 34.9 Å². The number of esters is 1. The number of ether oxygens (including phenoxy) is 1. The third-order valence-electron chi connectivity index (χ3n) is 3.76. The molecule has 0 radical (unpaired) electrons. The molecule has 0 saturated carbocycles. The second-order valence-electron chi connectivity index (χ2n) is 8.20. The average molecular weight is 477 g/mol. The summed E-state index contributed by atoms with van der Waals surface area (Å²) in [5.41, 5.74) is 3.93. The van der Waals surface area contributed by atoms with E-state index in [-0.39, 0.29) is 17.5 Å². The minimum absolute atomic E-state index is 0.135. The fraction of sp³-hybridized carbons (Fsp3) is 0.650. The van der Waals surface area contributed by atoms with Gasteiger partial charge in [0.1, 0.15) is 6.10 Å². The van der Waals surface area contributed by atoms with Gasteiger partial charge < -0.3 is 4.74 Å². The number of fused-ring (bicyclic) bond motifs is 1. The molecule has 0 amide bonds. The lowest BCUT2D eigenvalue weighted by Crippen LogP contribution is -2.23. The highest BCUT2D eigenvalue weighted by atomic mass is 127. The van der Waals surface area contributed by atoms with Crippen LogP contribution in [0.4, 0.5) is 0 Å². The lowest BCUT2D eigenvalue weighted by Gasteiger charge is -2.23. The summed E-state index contributed by atoms with van der Waals surface area (Å²) in [6, 6.07) is 6.60. The number of carbonyl (C=O) groups is 1. The summed E-state index contributed by atoms with van der Waals surface area (Å²) in [6.45, 7) is 16.4. The van der Waals surface area contributed by atoms with Crippen LogP contribution < -0.4 is 0 Å². The van der Waals surface area contributed by atoms with Gasteiger partial charge in [0.15, 0.2) is 0 Å². The highest BCUT2D eigenvalue weighted by Crippen LogP contribution is 2.34. The van der Waals surface area contributed by atoms with E-state index >= 15 is 0 Å². The van der Waals surface area contributed by atoms with Gasteiger partial charge in [0, 0.05) is 34.7 Å². The first-order valence-electron chi connectivity index (χ1n) is 8.88. The minimum atomic E-state index is -0.217. The molecular formula is C20H32INO2S. The van der Waals surface area contributed by atoms with Crippen molar-refractivity contribution in [1.29, 1.82) is 0 Å². The smallest absolute Gasteiger partial charge is 0.303 e. The van der Waals surface area contributed by atoms with Crippen molar-refractivity contribution in [3.8, 4) is 0 Å². The molecule has 1 atom stereocenters. The SMILES string of the molecule is CC(=O)OC1CN(SI)CCc2cc(C(C)(C)C)ccc21.CC(C)C. The van der Waals surface area contributed by atoms with Crippen LogP contribution in [0.2, 0.25) is 0 Å². The molecule has 3 nitrogen and oxygen atoms in total. The lowest BCUT2D eigenvalue weighted by molar-refractivity contribution is -0.147. The van der Waals surface area contributed by atoms with Crippen LogP contribution in [-0.4, -0.2) is 23.4 Å². The van der Waals surface area contributed by atoms with Crippen molar-refractivity contribution in [2.24, 2.45) is 5.92 Å². The summed E-state index contributed by atoms with van der Waals surface area (Å²) >= 11 is 2.29. The number of carbonyl (C=O) groups excluding carboxylic acids is 1. The van der Waals surface area contributed by atoms with Crippen LogP contribution in [0.5, 0.6) is 0 Å². The molecule has 5 heteroatoms.